The molecule has 0 atom stereocenters. The number of hydrogen-bond acceptors (Lipinski definition) is 5. The van der Waals surface area contributed by atoms with E-state index in [4.69, 9.17) is 4.74 Å². The highest BCUT2D eigenvalue weighted by molar-refractivity contribution is 5.91. The fraction of sp³-hybridized carbons (Fsp3) is 0.333. The lowest BCUT2D eigenvalue weighted by atomic mass is 10.2. The summed E-state index contributed by atoms with van der Waals surface area (Å²) in [5, 5.41) is 5.98. The van der Waals surface area contributed by atoms with Crippen LogP contribution >= 0.6 is 0 Å². The van der Waals surface area contributed by atoms with Crippen LogP contribution in [0.1, 0.15) is 5.56 Å². The van der Waals surface area contributed by atoms with Gasteiger partial charge in [-0.25, -0.2) is 4.98 Å². The van der Waals surface area contributed by atoms with Crippen molar-refractivity contribution in [2.75, 3.05) is 44.4 Å². The second-order valence-electron chi connectivity index (χ2n) is 5.81. The first-order chi connectivity index (χ1) is 11.5. The van der Waals surface area contributed by atoms with Crippen molar-refractivity contribution < 1.29 is 9.53 Å². The van der Waals surface area contributed by atoms with Gasteiger partial charge in [0, 0.05) is 13.1 Å². The Morgan fingerprint density at radius 1 is 1.17 bits per heavy atom. The lowest BCUT2D eigenvalue weighted by Gasteiger charge is -2.11. The Bertz CT molecular complexity index is 639. The fourth-order valence-electron chi connectivity index (χ4n) is 1.96. The molecule has 1 amide bonds. The molecule has 24 heavy (non-hydrogen) atoms. The average Bonchev–Trinajstić information content (AvgIpc) is 2.56. The van der Waals surface area contributed by atoms with Gasteiger partial charge >= 0.3 is 0 Å². The number of carbonyl (C=O) groups excluding carboxylic acids is 1. The number of aromatic nitrogens is 1. The van der Waals surface area contributed by atoms with E-state index in [0.717, 1.165) is 24.5 Å². The Hall–Kier alpha value is -2.60. The van der Waals surface area contributed by atoms with Gasteiger partial charge in [0.2, 0.25) is 0 Å². The number of hydrogen-bond donors (Lipinski definition) is 2. The van der Waals surface area contributed by atoms with Crippen LogP contribution in [-0.2, 0) is 4.79 Å². The minimum atomic E-state index is -0.217. The zero-order valence-corrected chi connectivity index (χ0v) is 14.4. The van der Waals surface area contributed by atoms with E-state index in [0.29, 0.717) is 11.4 Å². The number of carbonyl (C=O) groups is 1. The van der Waals surface area contributed by atoms with Gasteiger partial charge < -0.3 is 20.3 Å². The molecule has 128 valence electrons. The van der Waals surface area contributed by atoms with Crippen molar-refractivity contribution in [1.82, 2.24) is 9.88 Å². The van der Waals surface area contributed by atoms with Crippen LogP contribution in [0.5, 0.6) is 5.75 Å². The summed E-state index contributed by atoms with van der Waals surface area (Å²) in [7, 11) is 4.04. The standard InChI is InChI=1S/C18H24N4O2/c1-14-4-7-16(8-5-14)24-13-18(23)21-15-6-9-17(20-12-15)19-10-11-22(2)3/h4-9,12H,10-11,13H2,1-3H3,(H,19,20)(H,21,23). The molecule has 0 saturated heterocycles. The average molecular weight is 328 g/mol. The predicted molar refractivity (Wildman–Crippen MR) is 96.6 cm³/mol. The highest BCUT2D eigenvalue weighted by Gasteiger charge is 2.04. The van der Waals surface area contributed by atoms with Gasteiger partial charge in [-0.15, -0.1) is 0 Å². The van der Waals surface area contributed by atoms with E-state index < -0.39 is 0 Å². The van der Waals surface area contributed by atoms with Crippen molar-refractivity contribution in [3.63, 3.8) is 0 Å². The third-order valence-electron chi connectivity index (χ3n) is 3.30. The topological polar surface area (TPSA) is 66.5 Å². The van der Waals surface area contributed by atoms with Gasteiger partial charge in [0.1, 0.15) is 11.6 Å². The summed E-state index contributed by atoms with van der Waals surface area (Å²) in [5.74, 6) is 1.24. The van der Waals surface area contributed by atoms with E-state index in [1.807, 2.05) is 57.4 Å². The van der Waals surface area contributed by atoms with E-state index in [-0.39, 0.29) is 12.5 Å². The maximum Gasteiger partial charge on any atom is 0.262 e. The summed E-state index contributed by atoms with van der Waals surface area (Å²) in [4.78, 5) is 18.3. The van der Waals surface area contributed by atoms with E-state index in [9.17, 15) is 4.79 Å². The number of anilines is 2. The van der Waals surface area contributed by atoms with Gasteiger partial charge in [-0.2, -0.15) is 0 Å². The molecule has 0 aliphatic rings. The minimum Gasteiger partial charge on any atom is -0.484 e. The number of pyridine rings is 1. The molecule has 0 saturated carbocycles. The van der Waals surface area contributed by atoms with Crippen molar-refractivity contribution in [1.29, 1.82) is 0 Å². The highest BCUT2D eigenvalue weighted by Crippen LogP contribution is 2.12. The van der Waals surface area contributed by atoms with Crippen LogP contribution in [0.2, 0.25) is 0 Å². The van der Waals surface area contributed by atoms with Crippen molar-refractivity contribution in [2.45, 2.75) is 6.92 Å². The molecule has 0 radical (unpaired) electrons. The molecule has 1 aromatic carbocycles. The first kappa shape index (κ1) is 17.7. The normalized spacial score (nSPS) is 10.5. The van der Waals surface area contributed by atoms with E-state index in [1.165, 1.54) is 0 Å². The second-order valence-corrected chi connectivity index (χ2v) is 5.81. The molecule has 2 N–H and O–H groups in total. The van der Waals surface area contributed by atoms with Crippen LogP contribution in [-0.4, -0.2) is 49.6 Å². The van der Waals surface area contributed by atoms with Crippen molar-refractivity contribution in [3.05, 3.63) is 48.2 Å². The molecule has 0 fully saturated rings. The van der Waals surface area contributed by atoms with Crippen molar-refractivity contribution >= 4 is 17.4 Å². The number of amides is 1. The third kappa shape index (κ3) is 6.26. The molecule has 1 heterocycles. The molecular weight excluding hydrogens is 304 g/mol. The Morgan fingerprint density at radius 3 is 2.54 bits per heavy atom. The lowest BCUT2D eigenvalue weighted by Crippen LogP contribution is -2.21. The zero-order valence-electron chi connectivity index (χ0n) is 14.4. The molecule has 6 nitrogen and oxygen atoms in total. The van der Waals surface area contributed by atoms with E-state index in [1.54, 1.807) is 6.20 Å². The molecule has 0 aliphatic carbocycles. The number of rotatable bonds is 8. The second kappa shape index (κ2) is 8.88. The van der Waals surface area contributed by atoms with Crippen molar-refractivity contribution in [2.24, 2.45) is 0 Å². The summed E-state index contributed by atoms with van der Waals surface area (Å²) >= 11 is 0. The molecule has 0 aliphatic heterocycles. The summed E-state index contributed by atoms with van der Waals surface area (Å²) in [6, 6.07) is 11.2. The van der Waals surface area contributed by atoms with Crippen LogP contribution in [0.15, 0.2) is 42.6 Å². The molecule has 2 aromatic rings. The smallest absolute Gasteiger partial charge is 0.262 e. The monoisotopic (exact) mass is 328 g/mol. The van der Waals surface area contributed by atoms with Gasteiger partial charge in [0.05, 0.1) is 11.9 Å². The van der Waals surface area contributed by atoms with Gasteiger partial charge in [-0.1, -0.05) is 17.7 Å². The SMILES string of the molecule is Cc1ccc(OCC(=O)Nc2ccc(NCCN(C)C)nc2)cc1. The predicted octanol–water partition coefficient (Wildman–Crippen LogP) is 2.38. The first-order valence-electron chi connectivity index (χ1n) is 7.87. The molecular formula is C18H24N4O2. The Balaban J connectivity index is 1.76. The van der Waals surface area contributed by atoms with Crippen LogP contribution < -0.4 is 15.4 Å². The summed E-state index contributed by atoms with van der Waals surface area (Å²) in [5.41, 5.74) is 1.79. The van der Waals surface area contributed by atoms with Gasteiger partial charge in [-0.3, -0.25) is 4.79 Å². The van der Waals surface area contributed by atoms with Gasteiger partial charge in [-0.05, 0) is 45.3 Å². The minimum absolute atomic E-state index is 0.0358. The maximum absolute atomic E-state index is 11.9. The molecule has 2 rings (SSSR count). The number of nitrogens with one attached hydrogen (secondary N) is 2. The van der Waals surface area contributed by atoms with E-state index >= 15 is 0 Å². The molecule has 0 unspecified atom stereocenters. The number of benzene rings is 1. The van der Waals surface area contributed by atoms with Crippen LogP contribution in [0.4, 0.5) is 11.5 Å². The van der Waals surface area contributed by atoms with Crippen LogP contribution in [0, 0.1) is 6.92 Å². The van der Waals surface area contributed by atoms with Gasteiger partial charge in [0.25, 0.3) is 5.91 Å². The summed E-state index contributed by atoms with van der Waals surface area (Å²) in [6.07, 6.45) is 1.63. The zero-order chi connectivity index (χ0) is 17.4. The lowest BCUT2D eigenvalue weighted by molar-refractivity contribution is -0.118. The van der Waals surface area contributed by atoms with Crippen LogP contribution in [0.25, 0.3) is 0 Å². The number of likely N-dealkylation sites (N-methyl/N-ethyl adjacent to an activating group) is 1. The Labute approximate surface area is 142 Å². The number of nitrogens with zero attached hydrogens (tertiary/aromatic N) is 2. The van der Waals surface area contributed by atoms with Gasteiger partial charge in [0.15, 0.2) is 6.61 Å². The first-order valence-corrected chi connectivity index (χ1v) is 7.87. The van der Waals surface area contributed by atoms with Crippen LogP contribution in [0.3, 0.4) is 0 Å². The van der Waals surface area contributed by atoms with E-state index in [2.05, 4.69) is 20.5 Å². The largest absolute Gasteiger partial charge is 0.484 e. The Kier molecular flexibility index (Phi) is 6.57. The maximum atomic E-state index is 11.9. The fourth-order valence-corrected chi connectivity index (χ4v) is 1.96. The summed E-state index contributed by atoms with van der Waals surface area (Å²) in [6.45, 7) is 3.71. The molecule has 0 bridgehead atoms. The molecule has 0 spiro atoms. The number of ether oxygens (including phenoxy) is 1. The van der Waals surface area contributed by atoms with Crippen molar-refractivity contribution in [3.8, 4) is 5.75 Å². The quantitative estimate of drug-likeness (QED) is 0.779. The number of aryl methyl sites for hydroxylation is 1. The third-order valence-corrected chi connectivity index (χ3v) is 3.30. The summed E-state index contributed by atoms with van der Waals surface area (Å²) < 4.78 is 5.44. The highest BCUT2D eigenvalue weighted by atomic mass is 16.5. The molecule has 1 aromatic heterocycles. The molecule has 6 heteroatoms. The Morgan fingerprint density at radius 2 is 1.92 bits per heavy atom.